The minimum Gasteiger partial charge on any atom is -0.390 e. The van der Waals surface area contributed by atoms with Gasteiger partial charge in [-0.05, 0) is 37.8 Å². The molecule has 7 heteroatoms. The number of aromatic nitrogens is 4. The molecule has 29 heavy (non-hydrogen) atoms. The minimum absolute atomic E-state index is 0.123. The standard InChI is InChI=1S/C22H27N5O2/c1-14-15(2)29-13-22(14)5-7-27(8-6-22)21-20(12-28)25-19(11-23-21)16-3-4-18-17(9-16)10-24-26-18/h3-4,9-11,14-15,28H,5-8,12-13H2,1-2H3,(H,24,26)/t14-,15+/m1/s1. The zero-order chi connectivity index (χ0) is 20.0. The smallest absolute Gasteiger partial charge is 0.152 e. The summed E-state index contributed by atoms with van der Waals surface area (Å²) in [6.07, 6.45) is 6.12. The molecule has 152 valence electrons. The number of ether oxygens (including phenoxy) is 1. The maximum atomic E-state index is 9.98. The summed E-state index contributed by atoms with van der Waals surface area (Å²) in [4.78, 5) is 11.7. The third-order valence-electron chi connectivity index (χ3n) is 7.07. The van der Waals surface area contributed by atoms with E-state index >= 15 is 0 Å². The Kier molecular flexibility index (Phi) is 4.52. The van der Waals surface area contributed by atoms with Crippen LogP contribution in [0.3, 0.4) is 0 Å². The number of aliphatic hydroxyl groups is 1. The molecule has 2 atom stereocenters. The number of benzene rings is 1. The zero-order valence-corrected chi connectivity index (χ0v) is 16.9. The van der Waals surface area contributed by atoms with E-state index in [1.54, 1.807) is 6.20 Å². The van der Waals surface area contributed by atoms with Crippen molar-refractivity contribution in [2.45, 2.75) is 39.4 Å². The number of nitrogens with one attached hydrogen (secondary N) is 1. The number of hydrogen-bond donors (Lipinski definition) is 2. The monoisotopic (exact) mass is 393 g/mol. The van der Waals surface area contributed by atoms with Crippen LogP contribution in [0, 0.1) is 11.3 Å². The quantitative estimate of drug-likeness (QED) is 0.711. The van der Waals surface area contributed by atoms with Crippen molar-refractivity contribution >= 4 is 16.7 Å². The summed E-state index contributed by atoms with van der Waals surface area (Å²) in [6, 6.07) is 6.03. The first-order chi connectivity index (χ1) is 14.1. The van der Waals surface area contributed by atoms with Gasteiger partial charge in [0.1, 0.15) is 5.69 Å². The van der Waals surface area contributed by atoms with Crippen molar-refractivity contribution in [2.24, 2.45) is 11.3 Å². The Balaban J connectivity index is 1.39. The van der Waals surface area contributed by atoms with Crippen LogP contribution in [0.1, 0.15) is 32.4 Å². The van der Waals surface area contributed by atoms with Crippen LogP contribution in [-0.4, -0.2) is 51.1 Å². The fraction of sp³-hybridized carbons (Fsp3) is 0.500. The molecule has 5 rings (SSSR count). The first kappa shape index (κ1) is 18.5. The van der Waals surface area contributed by atoms with E-state index in [1.165, 1.54) is 0 Å². The van der Waals surface area contributed by atoms with Gasteiger partial charge in [0, 0.05) is 29.5 Å². The van der Waals surface area contributed by atoms with Crippen LogP contribution in [0.15, 0.2) is 30.6 Å². The number of piperidine rings is 1. The summed E-state index contributed by atoms with van der Waals surface area (Å²) in [5, 5.41) is 18.0. The molecule has 1 spiro atoms. The highest BCUT2D eigenvalue weighted by atomic mass is 16.5. The Labute approximate surface area is 170 Å². The summed E-state index contributed by atoms with van der Waals surface area (Å²) in [7, 11) is 0. The van der Waals surface area contributed by atoms with Crippen molar-refractivity contribution in [1.29, 1.82) is 0 Å². The molecule has 0 radical (unpaired) electrons. The van der Waals surface area contributed by atoms with Gasteiger partial charge in [0.05, 0.1) is 42.9 Å². The Morgan fingerprint density at radius 1 is 1.24 bits per heavy atom. The van der Waals surface area contributed by atoms with Crippen LogP contribution in [0.5, 0.6) is 0 Å². The largest absolute Gasteiger partial charge is 0.390 e. The van der Waals surface area contributed by atoms with E-state index in [9.17, 15) is 5.11 Å². The Morgan fingerprint density at radius 2 is 2.07 bits per heavy atom. The van der Waals surface area contributed by atoms with E-state index in [2.05, 4.69) is 28.9 Å². The van der Waals surface area contributed by atoms with E-state index in [4.69, 9.17) is 14.7 Å². The highest BCUT2D eigenvalue weighted by molar-refractivity contribution is 5.83. The Hall–Kier alpha value is -2.51. The SMILES string of the molecule is C[C@@H]1OCC2(CCN(c3ncc(-c4ccc5[nH]ncc5c4)nc3CO)CC2)[C@@H]1C. The van der Waals surface area contributed by atoms with Gasteiger partial charge in [0.2, 0.25) is 0 Å². The molecule has 7 nitrogen and oxygen atoms in total. The molecule has 2 saturated heterocycles. The van der Waals surface area contributed by atoms with Gasteiger partial charge >= 0.3 is 0 Å². The van der Waals surface area contributed by atoms with E-state index in [1.807, 2.05) is 24.4 Å². The maximum Gasteiger partial charge on any atom is 0.152 e. The van der Waals surface area contributed by atoms with Crippen molar-refractivity contribution in [2.75, 3.05) is 24.6 Å². The lowest BCUT2D eigenvalue weighted by Crippen LogP contribution is -2.44. The van der Waals surface area contributed by atoms with E-state index < -0.39 is 0 Å². The second kappa shape index (κ2) is 7.07. The molecule has 0 unspecified atom stereocenters. The second-order valence-corrected chi connectivity index (χ2v) is 8.51. The topological polar surface area (TPSA) is 87.2 Å². The van der Waals surface area contributed by atoms with Crippen LogP contribution >= 0.6 is 0 Å². The predicted octanol–water partition coefficient (Wildman–Crippen LogP) is 3.15. The zero-order valence-electron chi connectivity index (χ0n) is 16.9. The molecular formula is C22H27N5O2. The molecule has 2 fully saturated rings. The Bertz CT molecular complexity index is 1020. The average molecular weight is 393 g/mol. The number of aromatic amines is 1. The molecule has 0 aliphatic carbocycles. The third-order valence-corrected chi connectivity index (χ3v) is 7.07. The van der Waals surface area contributed by atoms with Gasteiger partial charge in [-0.3, -0.25) is 5.10 Å². The molecule has 0 amide bonds. The first-order valence-electron chi connectivity index (χ1n) is 10.4. The van der Waals surface area contributed by atoms with Crippen molar-refractivity contribution in [3.8, 4) is 11.3 Å². The van der Waals surface area contributed by atoms with Crippen LogP contribution in [0.4, 0.5) is 5.82 Å². The minimum atomic E-state index is -0.123. The van der Waals surface area contributed by atoms with Gasteiger partial charge in [-0.1, -0.05) is 13.0 Å². The van der Waals surface area contributed by atoms with Gasteiger partial charge in [-0.2, -0.15) is 5.10 Å². The van der Waals surface area contributed by atoms with Gasteiger partial charge in [0.15, 0.2) is 5.82 Å². The van der Waals surface area contributed by atoms with Crippen molar-refractivity contribution in [3.05, 3.63) is 36.3 Å². The van der Waals surface area contributed by atoms with Gasteiger partial charge < -0.3 is 14.7 Å². The summed E-state index contributed by atoms with van der Waals surface area (Å²) in [6.45, 7) is 7.07. The fourth-order valence-electron chi connectivity index (χ4n) is 4.87. The molecule has 2 aliphatic rings. The van der Waals surface area contributed by atoms with Gasteiger partial charge in [-0.25, -0.2) is 9.97 Å². The number of aliphatic hydroxyl groups excluding tert-OH is 1. The highest BCUT2D eigenvalue weighted by Gasteiger charge is 2.47. The summed E-state index contributed by atoms with van der Waals surface area (Å²) >= 11 is 0. The number of H-pyrrole nitrogens is 1. The number of rotatable bonds is 3. The first-order valence-corrected chi connectivity index (χ1v) is 10.4. The molecule has 1 aromatic carbocycles. The van der Waals surface area contributed by atoms with Gasteiger partial charge in [0.25, 0.3) is 0 Å². The predicted molar refractivity (Wildman–Crippen MR) is 112 cm³/mol. The number of hydrogen-bond acceptors (Lipinski definition) is 6. The molecular weight excluding hydrogens is 366 g/mol. The molecule has 2 aliphatic heterocycles. The second-order valence-electron chi connectivity index (χ2n) is 8.51. The van der Waals surface area contributed by atoms with Crippen LogP contribution < -0.4 is 4.90 Å². The van der Waals surface area contributed by atoms with Crippen LogP contribution in [0.2, 0.25) is 0 Å². The van der Waals surface area contributed by atoms with Crippen LogP contribution in [0.25, 0.3) is 22.2 Å². The Morgan fingerprint density at radius 3 is 2.79 bits per heavy atom. The van der Waals surface area contributed by atoms with E-state index in [0.717, 1.165) is 60.5 Å². The third kappa shape index (κ3) is 3.09. The molecule has 0 saturated carbocycles. The van der Waals surface area contributed by atoms with Crippen molar-refractivity contribution in [3.63, 3.8) is 0 Å². The maximum absolute atomic E-state index is 9.98. The lowest BCUT2D eigenvalue weighted by atomic mass is 9.70. The number of fused-ring (bicyclic) bond motifs is 1. The average Bonchev–Trinajstić information content (AvgIpc) is 3.34. The van der Waals surface area contributed by atoms with E-state index in [0.29, 0.717) is 17.7 Å². The van der Waals surface area contributed by atoms with Crippen molar-refractivity contribution < 1.29 is 9.84 Å². The number of nitrogens with zero attached hydrogens (tertiary/aromatic N) is 4. The van der Waals surface area contributed by atoms with E-state index in [-0.39, 0.29) is 12.0 Å². The lowest BCUT2D eigenvalue weighted by molar-refractivity contribution is 0.0969. The molecule has 2 aromatic heterocycles. The molecule has 4 heterocycles. The van der Waals surface area contributed by atoms with Crippen LogP contribution in [-0.2, 0) is 11.3 Å². The molecule has 0 bridgehead atoms. The highest BCUT2D eigenvalue weighted by Crippen LogP contribution is 2.46. The normalized spacial score (nSPS) is 23.9. The van der Waals surface area contributed by atoms with Crippen molar-refractivity contribution in [1.82, 2.24) is 20.2 Å². The summed E-state index contributed by atoms with van der Waals surface area (Å²) in [5.41, 5.74) is 3.64. The van der Waals surface area contributed by atoms with Gasteiger partial charge in [-0.15, -0.1) is 0 Å². The summed E-state index contributed by atoms with van der Waals surface area (Å²) in [5.74, 6) is 1.38. The summed E-state index contributed by atoms with van der Waals surface area (Å²) < 4.78 is 5.94. The fourth-order valence-corrected chi connectivity index (χ4v) is 4.87. The number of anilines is 1. The lowest BCUT2D eigenvalue weighted by Gasteiger charge is -2.42. The molecule has 2 N–H and O–H groups in total. The molecule has 3 aromatic rings.